The van der Waals surface area contributed by atoms with Crippen molar-refractivity contribution in [2.24, 2.45) is 0 Å². The molecule has 1 amide bonds. The van der Waals surface area contributed by atoms with Gasteiger partial charge >= 0.3 is 0 Å². The van der Waals surface area contributed by atoms with E-state index >= 15 is 0 Å². The topological polar surface area (TPSA) is 88.0 Å². The Morgan fingerprint density at radius 3 is 2.60 bits per heavy atom. The van der Waals surface area contributed by atoms with Crippen LogP contribution >= 0.6 is 0 Å². The number of nitrogens with one attached hydrogen (secondary N) is 1. The summed E-state index contributed by atoms with van der Waals surface area (Å²) in [5, 5.41) is 22.4. The smallest absolute Gasteiger partial charge is 0.252 e. The number of hydrogen-bond acceptors (Lipinski definition) is 5. The van der Waals surface area contributed by atoms with E-state index in [1.165, 1.54) is 0 Å². The van der Waals surface area contributed by atoms with E-state index in [2.05, 4.69) is 5.32 Å². The molecule has 1 aliphatic carbocycles. The zero-order valence-corrected chi connectivity index (χ0v) is 10.5. The Kier molecular flexibility index (Phi) is 2.33. The molecule has 0 fully saturated rings. The van der Waals surface area contributed by atoms with Crippen molar-refractivity contribution in [3.05, 3.63) is 29.3 Å². The maximum Gasteiger partial charge on any atom is 0.252 e. The third-order valence-corrected chi connectivity index (χ3v) is 3.97. The Labute approximate surface area is 114 Å². The van der Waals surface area contributed by atoms with Gasteiger partial charge in [-0.1, -0.05) is 0 Å². The standard InChI is InChI=1S/C14H13NO5/c16-10-1-7-6-2-12-13(20-5-19-12)3-8(6)14(18)15-9(7)4-11(10)17/h1-3,9-11,16-17H,4-5H2,(H,15,18)/t9-,10-,11+/m1/s1. The van der Waals surface area contributed by atoms with Crippen LogP contribution in [0.5, 0.6) is 11.5 Å². The van der Waals surface area contributed by atoms with Crippen molar-refractivity contribution in [3.8, 4) is 11.5 Å². The number of carbonyl (C=O) groups is 1. The minimum absolute atomic E-state index is 0.143. The average molecular weight is 275 g/mol. The average Bonchev–Trinajstić information content (AvgIpc) is 2.87. The number of hydrogen-bond donors (Lipinski definition) is 3. The second kappa shape index (κ2) is 3.97. The van der Waals surface area contributed by atoms with Crippen molar-refractivity contribution in [2.45, 2.75) is 24.7 Å². The molecule has 0 unspecified atom stereocenters. The van der Waals surface area contributed by atoms with E-state index in [1.54, 1.807) is 18.2 Å². The predicted molar refractivity (Wildman–Crippen MR) is 68.4 cm³/mol. The molecule has 6 heteroatoms. The van der Waals surface area contributed by atoms with E-state index < -0.39 is 12.2 Å². The van der Waals surface area contributed by atoms with Crippen LogP contribution < -0.4 is 14.8 Å². The molecule has 0 saturated heterocycles. The van der Waals surface area contributed by atoms with Crippen LogP contribution in [0.4, 0.5) is 0 Å². The summed E-state index contributed by atoms with van der Waals surface area (Å²) in [7, 11) is 0. The molecule has 0 spiro atoms. The summed E-state index contributed by atoms with van der Waals surface area (Å²) >= 11 is 0. The maximum absolute atomic E-state index is 12.1. The van der Waals surface area contributed by atoms with Gasteiger partial charge in [0.15, 0.2) is 11.5 Å². The summed E-state index contributed by atoms with van der Waals surface area (Å²) < 4.78 is 10.6. The summed E-state index contributed by atoms with van der Waals surface area (Å²) in [5.41, 5.74) is 2.05. The number of carbonyl (C=O) groups excluding carboxylic acids is 1. The van der Waals surface area contributed by atoms with Gasteiger partial charge in [0, 0.05) is 6.42 Å². The Balaban J connectivity index is 1.89. The van der Waals surface area contributed by atoms with Crippen LogP contribution in [0.15, 0.2) is 18.2 Å². The van der Waals surface area contributed by atoms with Crippen LogP contribution in [0.3, 0.4) is 0 Å². The fourth-order valence-electron chi connectivity index (χ4n) is 2.94. The second-order valence-corrected chi connectivity index (χ2v) is 5.19. The number of benzene rings is 1. The highest BCUT2D eigenvalue weighted by atomic mass is 16.7. The van der Waals surface area contributed by atoms with Gasteiger partial charge in [-0.05, 0) is 29.3 Å². The molecule has 3 aliphatic rings. The molecule has 20 heavy (non-hydrogen) atoms. The molecule has 0 radical (unpaired) electrons. The van der Waals surface area contributed by atoms with Crippen LogP contribution in [-0.4, -0.2) is 41.2 Å². The first kappa shape index (κ1) is 11.7. The van der Waals surface area contributed by atoms with Gasteiger partial charge in [0.2, 0.25) is 6.79 Å². The number of amides is 1. The van der Waals surface area contributed by atoms with Crippen molar-refractivity contribution >= 4 is 11.5 Å². The number of aliphatic hydroxyl groups excluding tert-OH is 2. The SMILES string of the molecule is O=C1N[C@@H]2C[C@H](O)[C@H](O)C=C2c2cc3c(cc21)OCO3. The molecule has 2 heterocycles. The Bertz CT molecular complexity index is 639. The molecule has 0 aromatic heterocycles. The van der Waals surface area contributed by atoms with Crippen LogP contribution in [0.2, 0.25) is 0 Å². The van der Waals surface area contributed by atoms with Crippen LogP contribution in [0.25, 0.3) is 5.57 Å². The van der Waals surface area contributed by atoms with Gasteiger partial charge in [0.25, 0.3) is 5.91 Å². The highest BCUT2D eigenvalue weighted by molar-refractivity contribution is 6.04. The van der Waals surface area contributed by atoms with E-state index in [4.69, 9.17) is 9.47 Å². The lowest BCUT2D eigenvalue weighted by Gasteiger charge is -2.35. The lowest BCUT2D eigenvalue weighted by Crippen LogP contribution is -2.47. The van der Waals surface area contributed by atoms with Gasteiger partial charge in [-0.25, -0.2) is 0 Å². The number of fused-ring (bicyclic) bond motifs is 4. The number of ether oxygens (including phenoxy) is 2. The first-order valence-electron chi connectivity index (χ1n) is 6.46. The Hall–Kier alpha value is -2.05. The monoisotopic (exact) mass is 275 g/mol. The fourth-order valence-corrected chi connectivity index (χ4v) is 2.94. The molecule has 0 saturated carbocycles. The normalized spacial score (nSPS) is 30.2. The van der Waals surface area contributed by atoms with Crippen molar-refractivity contribution in [1.29, 1.82) is 0 Å². The lowest BCUT2D eigenvalue weighted by atomic mass is 9.81. The molecule has 1 aromatic carbocycles. The third-order valence-electron chi connectivity index (χ3n) is 3.97. The first-order valence-corrected chi connectivity index (χ1v) is 6.46. The molecule has 104 valence electrons. The molecular weight excluding hydrogens is 262 g/mol. The molecule has 2 aliphatic heterocycles. The van der Waals surface area contributed by atoms with Crippen molar-refractivity contribution in [2.75, 3.05) is 6.79 Å². The molecule has 4 rings (SSSR count). The molecule has 3 N–H and O–H groups in total. The largest absolute Gasteiger partial charge is 0.454 e. The molecule has 3 atom stereocenters. The van der Waals surface area contributed by atoms with Crippen molar-refractivity contribution in [1.82, 2.24) is 5.32 Å². The summed E-state index contributed by atoms with van der Waals surface area (Å²) in [6.45, 7) is 0.143. The van der Waals surface area contributed by atoms with E-state index in [0.29, 0.717) is 23.5 Å². The summed E-state index contributed by atoms with van der Waals surface area (Å²) in [5.74, 6) is 0.942. The Morgan fingerprint density at radius 2 is 1.85 bits per heavy atom. The highest BCUT2D eigenvalue weighted by Gasteiger charge is 2.37. The van der Waals surface area contributed by atoms with Gasteiger partial charge in [-0.3, -0.25) is 4.79 Å². The predicted octanol–water partition coefficient (Wildman–Crippen LogP) is 0.0362. The minimum Gasteiger partial charge on any atom is -0.454 e. The first-order chi connectivity index (χ1) is 9.63. The van der Waals surface area contributed by atoms with Crippen molar-refractivity contribution < 1.29 is 24.5 Å². The highest BCUT2D eigenvalue weighted by Crippen LogP contribution is 2.41. The van der Waals surface area contributed by atoms with E-state index in [-0.39, 0.29) is 18.7 Å². The fraction of sp³-hybridized carbons (Fsp3) is 0.357. The summed E-state index contributed by atoms with van der Waals surface area (Å²) in [4.78, 5) is 12.1. The van der Waals surface area contributed by atoms with E-state index in [0.717, 1.165) is 11.1 Å². The quantitative estimate of drug-likeness (QED) is 0.622. The maximum atomic E-state index is 12.1. The van der Waals surface area contributed by atoms with Gasteiger partial charge in [0.1, 0.15) is 0 Å². The molecule has 1 aromatic rings. The summed E-state index contributed by atoms with van der Waals surface area (Å²) in [6.07, 6.45) is 0.112. The molecule has 0 bridgehead atoms. The van der Waals surface area contributed by atoms with Crippen LogP contribution in [0.1, 0.15) is 22.3 Å². The number of rotatable bonds is 0. The van der Waals surface area contributed by atoms with E-state index in [9.17, 15) is 15.0 Å². The minimum atomic E-state index is -0.922. The van der Waals surface area contributed by atoms with Gasteiger partial charge in [0.05, 0.1) is 23.8 Å². The van der Waals surface area contributed by atoms with Gasteiger partial charge in [-0.15, -0.1) is 0 Å². The number of aliphatic hydroxyl groups is 2. The lowest BCUT2D eigenvalue weighted by molar-refractivity contribution is 0.0339. The van der Waals surface area contributed by atoms with Gasteiger partial charge < -0.3 is 25.0 Å². The second-order valence-electron chi connectivity index (χ2n) is 5.19. The molecular formula is C14H13NO5. The Morgan fingerprint density at radius 1 is 1.15 bits per heavy atom. The van der Waals surface area contributed by atoms with E-state index in [1.807, 2.05) is 0 Å². The van der Waals surface area contributed by atoms with Crippen LogP contribution in [-0.2, 0) is 0 Å². The third kappa shape index (κ3) is 1.55. The zero-order chi connectivity index (χ0) is 13.9. The van der Waals surface area contributed by atoms with Crippen molar-refractivity contribution in [3.63, 3.8) is 0 Å². The van der Waals surface area contributed by atoms with Gasteiger partial charge in [-0.2, -0.15) is 0 Å². The van der Waals surface area contributed by atoms with Crippen LogP contribution in [0, 0.1) is 0 Å². The summed E-state index contributed by atoms with van der Waals surface area (Å²) in [6, 6.07) is 3.13. The molecule has 6 nitrogen and oxygen atoms in total. The zero-order valence-electron chi connectivity index (χ0n) is 10.5.